The summed E-state index contributed by atoms with van der Waals surface area (Å²) in [7, 11) is 0. The summed E-state index contributed by atoms with van der Waals surface area (Å²) in [6.07, 6.45) is 2.21. The van der Waals surface area contributed by atoms with Crippen LogP contribution >= 0.6 is 11.6 Å². The van der Waals surface area contributed by atoms with E-state index in [1.54, 1.807) is 43.3 Å². The van der Waals surface area contributed by atoms with Crippen molar-refractivity contribution < 1.29 is 34.2 Å². The van der Waals surface area contributed by atoms with Crippen LogP contribution in [0.2, 0.25) is 5.02 Å². The highest BCUT2D eigenvalue weighted by Crippen LogP contribution is 2.64. The first-order valence-electron chi connectivity index (χ1n) is 14.6. The normalized spacial score (nSPS) is 29.3. The number of hydroxylamine groups is 2. The lowest BCUT2D eigenvalue weighted by atomic mass is 9.49. The number of amides is 4. The summed E-state index contributed by atoms with van der Waals surface area (Å²) in [6, 6.07) is 20.6. The first kappa shape index (κ1) is 28.3. The fourth-order valence-corrected chi connectivity index (χ4v) is 8.27. The lowest BCUT2D eigenvalue weighted by Crippen LogP contribution is -2.53. The van der Waals surface area contributed by atoms with Crippen molar-refractivity contribution in [3.05, 3.63) is 101 Å². The molecule has 2 aliphatic heterocycles. The maximum Gasteiger partial charge on any atom is 0.257 e. The fraction of sp³-hybridized carbons (Fsp3) is 0.294. The van der Waals surface area contributed by atoms with Crippen LogP contribution in [0.5, 0.6) is 11.5 Å². The van der Waals surface area contributed by atoms with Crippen molar-refractivity contribution in [3.63, 3.8) is 0 Å². The van der Waals surface area contributed by atoms with Crippen molar-refractivity contribution in [2.75, 3.05) is 11.5 Å². The molecule has 9 nitrogen and oxygen atoms in total. The van der Waals surface area contributed by atoms with Crippen LogP contribution in [0, 0.1) is 23.7 Å². The van der Waals surface area contributed by atoms with Gasteiger partial charge in [-0.3, -0.25) is 24.4 Å². The molecule has 224 valence electrons. The van der Waals surface area contributed by atoms with Crippen molar-refractivity contribution >= 4 is 40.9 Å². The summed E-state index contributed by atoms with van der Waals surface area (Å²) in [5.41, 5.74) is 0.871. The Morgan fingerprint density at radius 2 is 1.70 bits per heavy atom. The van der Waals surface area contributed by atoms with E-state index in [1.807, 2.05) is 36.4 Å². The van der Waals surface area contributed by atoms with Crippen LogP contribution in [0.3, 0.4) is 0 Å². The number of hydrogen-bond acceptors (Lipinski definition) is 7. The number of nitrogens with zero attached hydrogens (tertiary/aromatic N) is 2. The highest BCUT2D eigenvalue weighted by atomic mass is 35.5. The van der Waals surface area contributed by atoms with Gasteiger partial charge in [-0.1, -0.05) is 65.7 Å². The summed E-state index contributed by atoms with van der Waals surface area (Å²) >= 11 is 6.32. The number of hydrogen-bond donors (Lipinski definition) is 2. The Balaban J connectivity index is 1.52. The molecule has 4 amide bonds. The lowest BCUT2D eigenvalue weighted by molar-refractivity contribution is -0.173. The topological polar surface area (TPSA) is 124 Å². The number of ether oxygens (including phenoxy) is 1. The highest BCUT2D eigenvalue weighted by molar-refractivity contribution is 6.32. The second kappa shape index (κ2) is 10.3. The maximum absolute atomic E-state index is 15.1. The number of carbonyl (C=O) groups excluding carboxylic acids is 4. The van der Waals surface area contributed by atoms with Crippen molar-refractivity contribution in [1.29, 1.82) is 0 Å². The fourth-order valence-electron chi connectivity index (χ4n) is 8.08. The van der Waals surface area contributed by atoms with Crippen LogP contribution in [0.25, 0.3) is 0 Å². The number of rotatable bonds is 5. The molecule has 0 spiro atoms. The Labute approximate surface area is 258 Å². The molecule has 3 aromatic rings. The van der Waals surface area contributed by atoms with Gasteiger partial charge in [0.1, 0.15) is 0 Å². The van der Waals surface area contributed by atoms with Gasteiger partial charge in [-0.2, -0.15) is 5.06 Å². The molecule has 7 rings (SSSR count). The number of halogens is 1. The average molecular weight is 613 g/mol. The second-order valence-electron chi connectivity index (χ2n) is 11.7. The first-order valence-corrected chi connectivity index (χ1v) is 15.0. The van der Waals surface area contributed by atoms with Crippen molar-refractivity contribution in [1.82, 2.24) is 5.06 Å². The van der Waals surface area contributed by atoms with E-state index < -0.39 is 58.6 Å². The van der Waals surface area contributed by atoms with Crippen molar-refractivity contribution in [3.8, 4) is 11.5 Å². The van der Waals surface area contributed by atoms with E-state index in [1.165, 1.54) is 11.0 Å². The zero-order chi connectivity index (χ0) is 30.9. The molecule has 3 aromatic carbocycles. The Hall–Kier alpha value is -4.47. The molecule has 2 N–H and O–H groups in total. The molecule has 2 aliphatic carbocycles. The predicted octanol–water partition coefficient (Wildman–Crippen LogP) is 5.00. The molecule has 6 unspecified atom stereocenters. The van der Waals surface area contributed by atoms with E-state index in [-0.39, 0.29) is 36.0 Å². The monoisotopic (exact) mass is 612 g/mol. The van der Waals surface area contributed by atoms with Gasteiger partial charge in [0.15, 0.2) is 11.5 Å². The molecule has 2 heterocycles. The van der Waals surface area contributed by atoms with Gasteiger partial charge in [-0.05, 0) is 67.1 Å². The summed E-state index contributed by atoms with van der Waals surface area (Å²) < 4.78 is 5.74. The lowest BCUT2D eigenvalue weighted by Gasteiger charge is -2.50. The quantitative estimate of drug-likeness (QED) is 0.236. The Morgan fingerprint density at radius 3 is 2.43 bits per heavy atom. The van der Waals surface area contributed by atoms with E-state index in [4.69, 9.17) is 16.3 Å². The summed E-state index contributed by atoms with van der Waals surface area (Å²) in [6.45, 7) is 2.07. The van der Waals surface area contributed by atoms with Gasteiger partial charge in [0.25, 0.3) is 11.8 Å². The summed E-state index contributed by atoms with van der Waals surface area (Å²) in [5.74, 6) is -6.04. The average Bonchev–Trinajstić information content (AvgIpc) is 3.39. The second-order valence-corrected chi connectivity index (χ2v) is 12.2. The molecule has 4 aliphatic rings. The summed E-state index contributed by atoms with van der Waals surface area (Å²) in [4.78, 5) is 57.1. The van der Waals surface area contributed by atoms with Crippen LogP contribution in [0.1, 0.15) is 36.8 Å². The van der Waals surface area contributed by atoms with Gasteiger partial charge in [-0.25, -0.2) is 4.90 Å². The third-order valence-corrected chi connectivity index (χ3v) is 10.00. The first-order chi connectivity index (χ1) is 21.2. The van der Waals surface area contributed by atoms with E-state index >= 15 is 4.79 Å². The van der Waals surface area contributed by atoms with Crippen LogP contribution < -0.4 is 9.64 Å². The smallest absolute Gasteiger partial charge is 0.257 e. The molecule has 0 radical (unpaired) electrons. The van der Waals surface area contributed by atoms with Gasteiger partial charge in [0, 0.05) is 10.9 Å². The number of imide groups is 2. The number of phenolic OH excluding ortho intramolecular Hbond substituents is 1. The molecule has 0 bridgehead atoms. The number of phenols is 1. The number of allylic oxidation sites excluding steroid dienone is 2. The molecular weight excluding hydrogens is 584 g/mol. The molecule has 44 heavy (non-hydrogen) atoms. The number of aromatic hydroxyl groups is 1. The Morgan fingerprint density at radius 1 is 0.932 bits per heavy atom. The molecule has 3 fully saturated rings. The van der Waals surface area contributed by atoms with E-state index in [0.29, 0.717) is 21.8 Å². The standard InChI is InChI=1S/C34H29ClN2O7/c1-2-44-27-15-18(11-14-26(27)38)29-22-12-13-23-28(32(41)37(43)30(23)39)24(22)17-25-31(40)36(21-10-6-9-20(35)16-21)33(42)34(25,29)19-7-4-3-5-8-19/h3-12,14-16,23-25,28-29,38,43H,2,13,17H2,1H3. The van der Waals surface area contributed by atoms with Gasteiger partial charge < -0.3 is 9.84 Å². The van der Waals surface area contributed by atoms with Crippen LogP contribution in [-0.4, -0.2) is 45.6 Å². The molecule has 10 heteroatoms. The van der Waals surface area contributed by atoms with Gasteiger partial charge >= 0.3 is 0 Å². The zero-order valence-electron chi connectivity index (χ0n) is 23.7. The highest BCUT2D eigenvalue weighted by Gasteiger charge is 2.70. The zero-order valence-corrected chi connectivity index (χ0v) is 24.5. The van der Waals surface area contributed by atoms with Crippen LogP contribution in [0.15, 0.2) is 84.4 Å². The molecule has 2 saturated heterocycles. The van der Waals surface area contributed by atoms with E-state index in [2.05, 4.69) is 0 Å². The largest absolute Gasteiger partial charge is 0.504 e. The predicted molar refractivity (Wildman–Crippen MR) is 159 cm³/mol. The van der Waals surface area contributed by atoms with E-state index in [0.717, 1.165) is 5.57 Å². The van der Waals surface area contributed by atoms with Crippen LogP contribution in [0.4, 0.5) is 5.69 Å². The van der Waals surface area contributed by atoms with Crippen molar-refractivity contribution in [2.24, 2.45) is 23.7 Å². The minimum atomic E-state index is -1.44. The minimum Gasteiger partial charge on any atom is -0.504 e. The molecule has 6 atom stereocenters. The van der Waals surface area contributed by atoms with Gasteiger partial charge in [0.2, 0.25) is 11.8 Å². The number of carbonyl (C=O) groups is 4. The molecule has 0 aromatic heterocycles. The Kier molecular flexibility index (Phi) is 6.64. The van der Waals surface area contributed by atoms with E-state index in [9.17, 15) is 24.7 Å². The van der Waals surface area contributed by atoms with Crippen molar-refractivity contribution in [2.45, 2.75) is 31.1 Å². The third-order valence-electron chi connectivity index (χ3n) is 9.76. The molecule has 1 saturated carbocycles. The SMILES string of the molecule is CCOc1cc(C2C3=CCC4C(=O)N(O)C(=O)C4C3CC3C(=O)N(c4cccc(Cl)c4)C(=O)C32c2ccccc2)ccc1O. The number of benzene rings is 3. The van der Waals surface area contributed by atoms with Gasteiger partial charge in [-0.15, -0.1) is 0 Å². The summed E-state index contributed by atoms with van der Waals surface area (Å²) in [5, 5.41) is 21.5. The maximum atomic E-state index is 15.1. The number of anilines is 1. The molecular formula is C34H29ClN2O7. The third kappa shape index (κ3) is 3.82. The van der Waals surface area contributed by atoms with Gasteiger partial charge in [0.05, 0.1) is 35.5 Å². The van der Waals surface area contributed by atoms with Crippen LogP contribution in [-0.2, 0) is 24.6 Å². The number of fused-ring (bicyclic) bond motifs is 4. The Bertz CT molecular complexity index is 1760. The minimum absolute atomic E-state index is 0.0761.